The number of halogens is 1. The minimum Gasteiger partial charge on any atom is -0.379 e. The summed E-state index contributed by atoms with van der Waals surface area (Å²) in [4.78, 5) is 12.3. The summed E-state index contributed by atoms with van der Waals surface area (Å²) in [7, 11) is 0. The quantitative estimate of drug-likeness (QED) is 0.152. The molecule has 5 atom stereocenters. The van der Waals surface area contributed by atoms with E-state index in [4.69, 9.17) is 28.4 Å². The van der Waals surface area contributed by atoms with Crippen molar-refractivity contribution in [3.63, 3.8) is 0 Å². The van der Waals surface area contributed by atoms with E-state index in [1.54, 1.807) is 6.07 Å². The van der Waals surface area contributed by atoms with Crippen LogP contribution in [-0.4, -0.2) is 63.2 Å². The molecular formula is C31H49FO7. The molecule has 1 fully saturated rings. The summed E-state index contributed by atoms with van der Waals surface area (Å²) in [6.45, 7) is 12.5. The summed E-state index contributed by atoms with van der Waals surface area (Å²) in [5.74, 6) is -2.29. The van der Waals surface area contributed by atoms with Gasteiger partial charge < -0.3 is 28.4 Å². The molecule has 8 heteroatoms. The first-order valence-electron chi connectivity index (χ1n) is 15.0. The van der Waals surface area contributed by atoms with E-state index in [1.165, 1.54) is 13.0 Å². The Morgan fingerprint density at radius 2 is 1.49 bits per heavy atom. The molecule has 3 rings (SSSR count). The van der Waals surface area contributed by atoms with Gasteiger partial charge in [0.15, 0.2) is 5.78 Å². The van der Waals surface area contributed by atoms with Gasteiger partial charge in [-0.25, -0.2) is 4.39 Å². The van der Waals surface area contributed by atoms with Crippen molar-refractivity contribution in [1.82, 2.24) is 0 Å². The Balaban J connectivity index is 2.08. The number of rotatable bonds is 18. The molecule has 1 saturated heterocycles. The Bertz CT molecular complexity index is 894. The summed E-state index contributed by atoms with van der Waals surface area (Å²) in [5, 5.41) is 0. The molecule has 39 heavy (non-hydrogen) atoms. The normalized spacial score (nSPS) is 26.3. The Morgan fingerprint density at radius 1 is 0.897 bits per heavy atom. The van der Waals surface area contributed by atoms with Gasteiger partial charge in [-0.2, -0.15) is 0 Å². The van der Waals surface area contributed by atoms with Gasteiger partial charge in [0.25, 0.3) is 0 Å². The Kier molecular flexibility index (Phi) is 13.3. The zero-order valence-electron chi connectivity index (χ0n) is 24.6. The van der Waals surface area contributed by atoms with Crippen LogP contribution in [0.2, 0.25) is 0 Å². The molecule has 1 spiro atoms. The molecule has 222 valence electrons. The van der Waals surface area contributed by atoms with Crippen LogP contribution in [0, 0.1) is 5.82 Å². The van der Waals surface area contributed by atoms with Crippen molar-refractivity contribution in [2.45, 2.75) is 123 Å². The molecule has 0 radical (unpaired) electrons. The Hall–Kier alpha value is -1.42. The molecule has 0 amide bonds. The van der Waals surface area contributed by atoms with Gasteiger partial charge in [0.1, 0.15) is 30.2 Å². The standard InChI is InChI=1S/C31H49FO7/c1-6-10-14-34-21-27-28(35-15-11-7-2)29(36-16-12-8-3)30(37-17-13-9-4)31(39-27)25-19-24(22(5)33)26(32)18-23(25)20-38-31/h18-19,27-30H,6-17,20-21H2,1-5H3/t27-,28-,29+,30-,31+/m1/s1. The maximum Gasteiger partial charge on any atom is 0.225 e. The van der Waals surface area contributed by atoms with E-state index in [0.29, 0.717) is 44.2 Å². The number of hydrogen-bond acceptors (Lipinski definition) is 7. The first-order valence-corrected chi connectivity index (χ1v) is 15.0. The summed E-state index contributed by atoms with van der Waals surface area (Å²) in [6, 6.07) is 2.96. The monoisotopic (exact) mass is 552 g/mol. The molecule has 1 aromatic rings. The smallest absolute Gasteiger partial charge is 0.225 e. The van der Waals surface area contributed by atoms with Gasteiger partial charge in [-0.3, -0.25) is 4.79 Å². The van der Waals surface area contributed by atoms with Crippen LogP contribution >= 0.6 is 0 Å². The lowest BCUT2D eigenvalue weighted by atomic mass is 9.86. The summed E-state index contributed by atoms with van der Waals surface area (Å²) >= 11 is 0. The van der Waals surface area contributed by atoms with Crippen molar-refractivity contribution >= 4 is 5.78 Å². The van der Waals surface area contributed by atoms with Crippen LogP contribution in [0.3, 0.4) is 0 Å². The van der Waals surface area contributed by atoms with E-state index in [2.05, 4.69) is 27.7 Å². The first kappa shape index (κ1) is 32.1. The molecule has 0 N–H and O–H groups in total. The van der Waals surface area contributed by atoms with Crippen LogP contribution in [0.1, 0.15) is 107 Å². The predicted octanol–water partition coefficient (Wildman–Crippen LogP) is 6.48. The van der Waals surface area contributed by atoms with Crippen LogP contribution in [-0.2, 0) is 40.8 Å². The lowest BCUT2D eigenvalue weighted by Crippen LogP contribution is -2.66. The Labute approximate surface area is 234 Å². The molecule has 0 bridgehead atoms. The largest absolute Gasteiger partial charge is 0.379 e. The van der Waals surface area contributed by atoms with E-state index in [-0.39, 0.29) is 18.0 Å². The van der Waals surface area contributed by atoms with Crippen molar-refractivity contribution in [2.24, 2.45) is 0 Å². The molecular weight excluding hydrogens is 503 g/mol. The number of carbonyl (C=O) groups excluding carboxylic acids is 1. The number of carbonyl (C=O) groups is 1. The maximum absolute atomic E-state index is 14.8. The van der Waals surface area contributed by atoms with Crippen molar-refractivity contribution in [3.05, 3.63) is 34.6 Å². The van der Waals surface area contributed by atoms with Gasteiger partial charge in [0.05, 0.1) is 18.8 Å². The number of ether oxygens (including phenoxy) is 6. The zero-order valence-corrected chi connectivity index (χ0v) is 24.6. The minimum atomic E-state index is -1.37. The molecule has 2 aliphatic heterocycles. The van der Waals surface area contributed by atoms with Gasteiger partial charge in [-0.1, -0.05) is 53.4 Å². The number of Topliss-reactive ketones (excluding diaryl/α,β-unsaturated/α-hetero) is 1. The highest BCUT2D eigenvalue weighted by Crippen LogP contribution is 2.49. The predicted molar refractivity (Wildman–Crippen MR) is 147 cm³/mol. The van der Waals surface area contributed by atoms with Crippen LogP contribution in [0.5, 0.6) is 0 Å². The molecule has 7 nitrogen and oxygen atoms in total. The summed E-state index contributed by atoms with van der Waals surface area (Å²) < 4.78 is 53.7. The lowest BCUT2D eigenvalue weighted by molar-refractivity contribution is -0.384. The molecule has 1 aromatic carbocycles. The van der Waals surface area contributed by atoms with E-state index >= 15 is 0 Å². The summed E-state index contributed by atoms with van der Waals surface area (Å²) in [6.07, 6.45) is 5.46. The van der Waals surface area contributed by atoms with Crippen molar-refractivity contribution in [3.8, 4) is 0 Å². The van der Waals surface area contributed by atoms with Crippen LogP contribution in [0.25, 0.3) is 0 Å². The average Bonchev–Trinajstić information content (AvgIpc) is 3.26. The zero-order chi connectivity index (χ0) is 28.3. The van der Waals surface area contributed by atoms with Gasteiger partial charge >= 0.3 is 0 Å². The molecule has 2 heterocycles. The number of unbranched alkanes of at least 4 members (excludes halogenated alkanes) is 4. The van der Waals surface area contributed by atoms with E-state index in [1.807, 2.05) is 0 Å². The third-order valence-electron chi connectivity index (χ3n) is 7.42. The van der Waals surface area contributed by atoms with Gasteiger partial charge in [-0.05, 0) is 50.3 Å². The fraction of sp³-hybridized carbons (Fsp3) is 0.774. The van der Waals surface area contributed by atoms with Gasteiger partial charge in [-0.15, -0.1) is 0 Å². The van der Waals surface area contributed by atoms with E-state index < -0.39 is 36.0 Å². The topological polar surface area (TPSA) is 72.5 Å². The molecule has 2 aliphatic rings. The minimum absolute atomic E-state index is 0.00931. The SMILES string of the molecule is CCCCOC[C@H]1O[C@]2(OCc3cc(F)c(C(C)=O)cc32)[C@H](OCCCC)[C@@H](OCCCC)[C@@H]1OCCCC. The third kappa shape index (κ3) is 7.86. The molecule has 0 aromatic heterocycles. The van der Waals surface area contributed by atoms with E-state index in [9.17, 15) is 9.18 Å². The van der Waals surface area contributed by atoms with Gasteiger partial charge in [0.2, 0.25) is 5.79 Å². The second kappa shape index (κ2) is 16.1. The first-order chi connectivity index (χ1) is 18.9. The number of benzene rings is 1. The molecule has 0 saturated carbocycles. The average molecular weight is 553 g/mol. The van der Waals surface area contributed by atoms with Gasteiger partial charge in [0, 0.05) is 32.0 Å². The fourth-order valence-corrected chi connectivity index (χ4v) is 5.13. The third-order valence-corrected chi connectivity index (χ3v) is 7.42. The van der Waals surface area contributed by atoms with Crippen LogP contribution in [0.15, 0.2) is 12.1 Å². The highest BCUT2D eigenvalue weighted by molar-refractivity contribution is 5.94. The number of ketones is 1. The fourth-order valence-electron chi connectivity index (χ4n) is 5.13. The maximum atomic E-state index is 14.8. The lowest BCUT2D eigenvalue weighted by Gasteiger charge is -2.51. The molecule has 0 aliphatic carbocycles. The van der Waals surface area contributed by atoms with Crippen LogP contribution in [0.4, 0.5) is 4.39 Å². The second-order valence-electron chi connectivity index (χ2n) is 10.6. The van der Waals surface area contributed by atoms with E-state index in [0.717, 1.165) is 51.4 Å². The highest BCUT2D eigenvalue weighted by Gasteiger charge is 2.61. The van der Waals surface area contributed by atoms with Crippen molar-refractivity contribution < 1.29 is 37.6 Å². The Morgan fingerprint density at radius 3 is 2.10 bits per heavy atom. The van der Waals surface area contributed by atoms with Crippen molar-refractivity contribution in [2.75, 3.05) is 33.0 Å². The summed E-state index contributed by atoms with van der Waals surface area (Å²) in [5.41, 5.74) is 1.27. The highest BCUT2D eigenvalue weighted by atomic mass is 19.1. The second-order valence-corrected chi connectivity index (χ2v) is 10.6. The van der Waals surface area contributed by atoms with Crippen LogP contribution < -0.4 is 0 Å². The molecule has 0 unspecified atom stereocenters. The number of fused-ring (bicyclic) bond motifs is 2. The van der Waals surface area contributed by atoms with Crippen molar-refractivity contribution in [1.29, 1.82) is 0 Å². The number of hydrogen-bond donors (Lipinski definition) is 0.